The van der Waals surface area contributed by atoms with Crippen molar-refractivity contribution in [3.8, 4) is 5.75 Å². The number of nitrogens with one attached hydrogen (secondary N) is 1. The van der Waals surface area contributed by atoms with Crippen LogP contribution in [0.5, 0.6) is 5.75 Å². The van der Waals surface area contributed by atoms with Crippen LogP contribution in [-0.2, 0) is 16.2 Å². The number of likely N-dealkylation sites (N-methyl/N-ethyl adjacent to an activating group) is 1. The summed E-state index contributed by atoms with van der Waals surface area (Å²) in [7, 11) is 0. The molecule has 0 bridgehead atoms. The van der Waals surface area contributed by atoms with E-state index in [0.29, 0.717) is 40.9 Å². The summed E-state index contributed by atoms with van der Waals surface area (Å²) >= 11 is 6.46. The predicted octanol–water partition coefficient (Wildman–Crippen LogP) is 7.35. The molecule has 0 aliphatic rings. The molecule has 0 spiro atoms. The van der Waals surface area contributed by atoms with E-state index in [4.69, 9.17) is 25.9 Å². The van der Waals surface area contributed by atoms with Gasteiger partial charge in [0.25, 0.3) is 0 Å². The Morgan fingerprint density at radius 3 is 2.69 bits per heavy atom. The first-order valence-corrected chi connectivity index (χ1v) is 13.8. The monoisotopic (exact) mass is 593 g/mol. The standard InChI is InChI=1S/C31H33ClFN5O4/c1-5-38(30(39)42-31(2,3)4)13-14-41-36-18-21-9-11-27-25(16-21)29(35-20-34-27)37-24-10-12-28(26(32)17-24)40-19-22-7-6-8-23(33)15-22/h6-12,15-18,20H,5,13-14,19H2,1-4H3,(H,34,35,37)/b36-18+. The van der Waals surface area contributed by atoms with Crippen LogP contribution in [0.3, 0.4) is 0 Å². The summed E-state index contributed by atoms with van der Waals surface area (Å²) < 4.78 is 24.6. The lowest BCUT2D eigenvalue weighted by Gasteiger charge is -2.26. The Hall–Kier alpha value is -4.44. The molecule has 0 aliphatic carbocycles. The van der Waals surface area contributed by atoms with E-state index in [9.17, 15) is 9.18 Å². The highest BCUT2D eigenvalue weighted by molar-refractivity contribution is 6.32. The third-order valence-corrected chi connectivity index (χ3v) is 6.19. The second-order valence-electron chi connectivity index (χ2n) is 10.3. The van der Waals surface area contributed by atoms with Crippen molar-refractivity contribution in [2.75, 3.05) is 25.0 Å². The number of oxime groups is 1. The van der Waals surface area contributed by atoms with Crippen LogP contribution in [0.4, 0.5) is 20.7 Å². The van der Waals surface area contributed by atoms with Crippen LogP contribution in [0.15, 0.2) is 72.1 Å². The molecule has 1 amide bonds. The maximum atomic E-state index is 13.4. The lowest BCUT2D eigenvalue weighted by molar-refractivity contribution is 0.0192. The zero-order valence-corrected chi connectivity index (χ0v) is 24.7. The molecule has 3 aromatic carbocycles. The van der Waals surface area contributed by atoms with Crippen molar-refractivity contribution in [1.82, 2.24) is 14.9 Å². The number of halogens is 2. The first-order chi connectivity index (χ1) is 20.1. The normalized spacial score (nSPS) is 11.5. The van der Waals surface area contributed by atoms with E-state index in [1.165, 1.54) is 18.5 Å². The third kappa shape index (κ3) is 8.78. The molecule has 0 saturated heterocycles. The number of anilines is 2. The highest BCUT2D eigenvalue weighted by Gasteiger charge is 2.20. The number of carbonyl (C=O) groups is 1. The van der Waals surface area contributed by atoms with E-state index in [0.717, 1.165) is 16.5 Å². The van der Waals surface area contributed by atoms with Crippen LogP contribution >= 0.6 is 11.6 Å². The molecule has 0 fully saturated rings. The van der Waals surface area contributed by atoms with Crippen molar-refractivity contribution in [3.05, 3.63) is 89.0 Å². The third-order valence-electron chi connectivity index (χ3n) is 5.90. The van der Waals surface area contributed by atoms with Crippen LogP contribution < -0.4 is 10.1 Å². The molecule has 9 nitrogen and oxygen atoms in total. The van der Waals surface area contributed by atoms with Crippen molar-refractivity contribution < 1.29 is 23.5 Å². The molecule has 0 unspecified atom stereocenters. The fourth-order valence-electron chi connectivity index (χ4n) is 3.88. The van der Waals surface area contributed by atoms with Gasteiger partial charge in [-0.1, -0.05) is 35.0 Å². The Morgan fingerprint density at radius 2 is 1.95 bits per heavy atom. The molecule has 4 rings (SSSR count). The van der Waals surface area contributed by atoms with Gasteiger partial charge >= 0.3 is 6.09 Å². The van der Waals surface area contributed by atoms with Gasteiger partial charge in [0, 0.05) is 17.6 Å². The van der Waals surface area contributed by atoms with Crippen LogP contribution in [0, 0.1) is 5.82 Å². The second-order valence-corrected chi connectivity index (χ2v) is 10.7. The Balaban J connectivity index is 1.38. The van der Waals surface area contributed by atoms with Crippen LogP contribution in [0.1, 0.15) is 38.8 Å². The zero-order valence-electron chi connectivity index (χ0n) is 23.9. The fourth-order valence-corrected chi connectivity index (χ4v) is 4.12. The number of amides is 1. The van der Waals surface area contributed by atoms with Crippen molar-refractivity contribution in [3.63, 3.8) is 0 Å². The minimum absolute atomic E-state index is 0.190. The van der Waals surface area contributed by atoms with Gasteiger partial charge in [-0.25, -0.2) is 19.2 Å². The Kier molecular flexibility index (Phi) is 10.1. The molecule has 1 heterocycles. The lowest BCUT2D eigenvalue weighted by atomic mass is 10.1. The Morgan fingerprint density at radius 1 is 1.12 bits per heavy atom. The molecular weight excluding hydrogens is 561 g/mol. The smallest absolute Gasteiger partial charge is 0.410 e. The largest absolute Gasteiger partial charge is 0.487 e. The van der Waals surface area contributed by atoms with E-state index in [1.54, 1.807) is 35.4 Å². The summed E-state index contributed by atoms with van der Waals surface area (Å²) in [4.78, 5) is 28.0. The Labute approximate surface area is 249 Å². The second kappa shape index (κ2) is 14.0. The topological polar surface area (TPSA) is 98.2 Å². The van der Waals surface area contributed by atoms with E-state index in [2.05, 4.69) is 20.4 Å². The van der Waals surface area contributed by atoms with Gasteiger partial charge in [0.05, 0.1) is 23.3 Å². The SMILES string of the molecule is CCN(CCO/N=C/c1ccc2ncnc(Nc3ccc(OCc4cccc(F)c4)c(Cl)c3)c2c1)C(=O)OC(C)(C)C. The minimum atomic E-state index is -0.563. The molecule has 11 heteroatoms. The highest BCUT2D eigenvalue weighted by atomic mass is 35.5. The van der Waals surface area contributed by atoms with Gasteiger partial charge < -0.3 is 24.5 Å². The molecule has 1 N–H and O–H groups in total. The van der Waals surface area contributed by atoms with Crippen LogP contribution in [0.2, 0.25) is 5.02 Å². The van der Waals surface area contributed by atoms with Gasteiger partial charge in [-0.2, -0.15) is 0 Å². The molecule has 0 atom stereocenters. The molecule has 4 aromatic rings. The lowest BCUT2D eigenvalue weighted by Crippen LogP contribution is -2.38. The van der Waals surface area contributed by atoms with Crippen LogP contribution in [0.25, 0.3) is 10.9 Å². The molecule has 42 heavy (non-hydrogen) atoms. The summed E-state index contributed by atoms with van der Waals surface area (Å²) in [6.45, 7) is 8.61. The highest BCUT2D eigenvalue weighted by Crippen LogP contribution is 2.31. The van der Waals surface area contributed by atoms with Gasteiger partial charge in [-0.3, -0.25) is 0 Å². The van der Waals surface area contributed by atoms with Crippen molar-refractivity contribution in [2.24, 2.45) is 5.16 Å². The number of nitrogens with zero attached hydrogens (tertiary/aromatic N) is 4. The average Bonchev–Trinajstić information content (AvgIpc) is 2.94. The molecule has 0 saturated carbocycles. The van der Waals surface area contributed by atoms with Gasteiger partial charge in [-0.05, 0) is 81.3 Å². The quantitative estimate of drug-likeness (QED) is 0.110. The van der Waals surface area contributed by atoms with Crippen molar-refractivity contribution in [1.29, 1.82) is 0 Å². The van der Waals surface area contributed by atoms with Crippen molar-refractivity contribution >= 4 is 46.3 Å². The van der Waals surface area contributed by atoms with E-state index in [-0.39, 0.29) is 25.1 Å². The summed E-state index contributed by atoms with van der Waals surface area (Å²) in [6, 6.07) is 17.1. The zero-order chi connectivity index (χ0) is 30.1. The first kappa shape index (κ1) is 30.5. The maximum absolute atomic E-state index is 13.4. The van der Waals surface area contributed by atoms with Gasteiger partial charge in [0.15, 0.2) is 0 Å². The van der Waals surface area contributed by atoms with Gasteiger partial charge in [0.1, 0.15) is 42.5 Å². The van der Waals surface area contributed by atoms with Crippen molar-refractivity contribution in [2.45, 2.75) is 39.9 Å². The van der Waals surface area contributed by atoms with E-state index >= 15 is 0 Å². The van der Waals surface area contributed by atoms with Gasteiger partial charge in [-0.15, -0.1) is 0 Å². The predicted molar refractivity (Wildman–Crippen MR) is 162 cm³/mol. The first-order valence-electron chi connectivity index (χ1n) is 13.4. The summed E-state index contributed by atoms with van der Waals surface area (Å²) in [6.07, 6.45) is 2.67. The number of rotatable bonds is 11. The Bertz CT molecular complexity index is 1560. The molecule has 1 aromatic heterocycles. The number of fused-ring (bicyclic) bond motifs is 1. The number of hydrogen-bond acceptors (Lipinski definition) is 8. The summed E-state index contributed by atoms with van der Waals surface area (Å²) in [5.41, 5.74) is 2.36. The van der Waals surface area contributed by atoms with Gasteiger partial charge in [0.2, 0.25) is 0 Å². The molecule has 220 valence electrons. The van der Waals surface area contributed by atoms with E-state index < -0.39 is 5.60 Å². The number of aromatic nitrogens is 2. The fraction of sp³-hybridized carbons (Fsp3) is 0.290. The molecule has 0 radical (unpaired) electrons. The number of carbonyl (C=O) groups excluding carboxylic acids is 1. The number of hydrogen-bond donors (Lipinski definition) is 1. The van der Waals surface area contributed by atoms with Crippen LogP contribution in [-0.4, -0.2) is 52.5 Å². The minimum Gasteiger partial charge on any atom is -0.487 e. The number of benzene rings is 3. The average molecular weight is 594 g/mol. The summed E-state index contributed by atoms with van der Waals surface area (Å²) in [5, 5.41) is 8.50. The summed E-state index contributed by atoms with van der Waals surface area (Å²) in [5.74, 6) is 0.738. The molecular formula is C31H33ClFN5O4. The van der Waals surface area contributed by atoms with E-state index in [1.807, 2.05) is 52.0 Å². The molecule has 0 aliphatic heterocycles. The number of ether oxygens (including phenoxy) is 2. The maximum Gasteiger partial charge on any atom is 0.410 e.